The molecule has 0 unspecified atom stereocenters. The lowest BCUT2D eigenvalue weighted by molar-refractivity contribution is -0.385. The van der Waals surface area contributed by atoms with Gasteiger partial charge < -0.3 is 19.5 Å². The zero-order valence-corrected chi connectivity index (χ0v) is 19.8. The van der Waals surface area contributed by atoms with Crippen LogP contribution in [-0.4, -0.2) is 45.7 Å². The molecule has 5 rings (SSSR count). The number of rotatable bonds is 7. The van der Waals surface area contributed by atoms with Crippen LogP contribution in [0.3, 0.4) is 0 Å². The Balaban J connectivity index is 1.60. The zero-order valence-electron chi connectivity index (χ0n) is 19.8. The lowest BCUT2D eigenvalue weighted by atomic mass is 10.0. The first-order valence-electron chi connectivity index (χ1n) is 11.4. The molecule has 1 fully saturated rings. The number of methoxy groups -OCH3 is 1. The Morgan fingerprint density at radius 1 is 1.24 bits per heavy atom. The summed E-state index contributed by atoms with van der Waals surface area (Å²) in [6, 6.07) is 5.25. The molecule has 1 N–H and O–H groups in total. The summed E-state index contributed by atoms with van der Waals surface area (Å²) >= 11 is 0. The van der Waals surface area contributed by atoms with Crippen LogP contribution in [0.2, 0.25) is 0 Å². The molecule has 1 aliphatic heterocycles. The molecule has 2 aromatic carbocycles. The predicted octanol–water partition coefficient (Wildman–Crippen LogP) is 5.16. The van der Waals surface area contributed by atoms with Gasteiger partial charge in [0.2, 0.25) is 5.78 Å². The van der Waals surface area contributed by atoms with E-state index >= 15 is 0 Å². The molecule has 4 aromatic rings. The van der Waals surface area contributed by atoms with Crippen molar-refractivity contribution in [3.05, 3.63) is 64.0 Å². The van der Waals surface area contributed by atoms with E-state index in [9.17, 15) is 23.3 Å². The van der Waals surface area contributed by atoms with Gasteiger partial charge in [0, 0.05) is 42.4 Å². The Labute approximate surface area is 208 Å². The standard InChI is InChI=1S/C24H22F3N5O5/c1-13(14-7-15(24(25,26)27)9-16(8-14)32(33)34)29-22-18-10-21(37-17-3-6-36-12-17)20(35-2)11-19(18)31-5-4-28-23(31)30-22/h4-5,7-11,13,17H,3,6,12H2,1-2H3,(H,28,29,30)/t13-,17+/m1/s1. The van der Waals surface area contributed by atoms with Gasteiger partial charge in [-0.15, -0.1) is 0 Å². The van der Waals surface area contributed by atoms with Crippen LogP contribution in [-0.2, 0) is 10.9 Å². The number of imidazole rings is 1. The number of aromatic nitrogens is 3. The molecular weight excluding hydrogens is 495 g/mol. The summed E-state index contributed by atoms with van der Waals surface area (Å²) in [7, 11) is 1.52. The van der Waals surface area contributed by atoms with Gasteiger partial charge in [-0.2, -0.15) is 18.2 Å². The second-order valence-electron chi connectivity index (χ2n) is 8.62. The maximum atomic E-state index is 13.4. The monoisotopic (exact) mass is 517 g/mol. The van der Waals surface area contributed by atoms with Crippen molar-refractivity contribution in [3.63, 3.8) is 0 Å². The third-order valence-electron chi connectivity index (χ3n) is 6.14. The molecular formula is C24H22F3N5O5. The summed E-state index contributed by atoms with van der Waals surface area (Å²) in [6.45, 7) is 2.63. The summed E-state index contributed by atoms with van der Waals surface area (Å²) in [5, 5.41) is 15.0. The molecule has 0 spiro atoms. The average Bonchev–Trinajstić information content (AvgIpc) is 3.55. The molecule has 2 aromatic heterocycles. The van der Waals surface area contributed by atoms with E-state index < -0.39 is 28.4 Å². The number of fused-ring (bicyclic) bond motifs is 3. The first kappa shape index (κ1) is 24.6. The largest absolute Gasteiger partial charge is 0.493 e. The van der Waals surface area contributed by atoms with Gasteiger partial charge in [-0.1, -0.05) is 0 Å². The van der Waals surface area contributed by atoms with E-state index in [0.29, 0.717) is 53.3 Å². The van der Waals surface area contributed by atoms with Crippen molar-refractivity contribution in [3.8, 4) is 11.5 Å². The number of nitrogens with zero attached hydrogens (tertiary/aromatic N) is 4. The fourth-order valence-electron chi connectivity index (χ4n) is 4.25. The number of non-ortho nitro benzene ring substituents is 1. The van der Waals surface area contributed by atoms with Gasteiger partial charge in [0.1, 0.15) is 11.9 Å². The van der Waals surface area contributed by atoms with Crippen molar-refractivity contribution < 1.29 is 32.3 Å². The molecule has 0 bridgehead atoms. The quantitative estimate of drug-likeness (QED) is 0.264. The van der Waals surface area contributed by atoms with Gasteiger partial charge in [0.05, 0.1) is 42.4 Å². The van der Waals surface area contributed by atoms with Crippen molar-refractivity contribution in [2.75, 3.05) is 25.6 Å². The third-order valence-corrected chi connectivity index (χ3v) is 6.14. The van der Waals surface area contributed by atoms with Crippen LogP contribution < -0.4 is 14.8 Å². The average molecular weight is 517 g/mol. The number of hydrogen-bond acceptors (Lipinski definition) is 8. The number of alkyl halides is 3. The van der Waals surface area contributed by atoms with Crippen LogP contribution in [0.1, 0.15) is 30.5 Å². The highest BCUT2D eigenvalue weighted by Gasteiger charge is 2.33. The van der Waals surface area contributed by atoms with E-state index in [1.54, 1.807) is 35.9 Å². The maximum absolute atomic E-state index is 13.4. The summed E-state index contributed by atoms with van der Waals surface area (Å²) < 4.78 is 59.1. The number of ether oxygens (including phenoxy) is 3. The minimum Gasteiger partial charge on any atom is -0.493 e. The van der Waals surface area contributed by atoms with Gasteiger partial charge in [-0.05, 0) is 24.6 Å². The van der Waals surface area contributed by atoms with Crippen molar-refractivity contribution >= 4 is 28.2 Å². The SMILES string of the molecule is COc1cc2c(cc1O[C@H]1CCOC1)c(N[C@H](C)c1cc([N+](=O)[O-])cc(C(F)(F)F)c1)nc1nccn12. The van der Waals surface area contributed by atoms with E-state index in [0.717, 1.165) is 18.6 Å². The predicted molar refractivity (Wildman–Crippen MR) is 127 cm³/mol. The van der Waals surface area contributed by atoms with Gasteiger partial charge in [-0.25, -0.2) is 4.98 Å². The number of nitro groups is 1. The number of halogens is 3. The van der Waals surface area contributed by atoms with E-state index in [2.05, 4.69) is 15.3 Å². The molecule has 1 saturated heterocycles. The maximum Gasteiger partial charge on any atom is 0.416 e. The highest BCUT2D eigenvalue weighted by atomic mass is 19.4. The van der Waals surface area contributed by atoms with Crippen LogP contribution in [0.15, 0.2) is 42.7 Å². The van der Waals surface area contributed by atoms with Crippen molar-refractivity contribution in [1.82, 2.24) is 14.4 Å². The highest BCUT2D eigenvalue weighted by Crippen LogP contribution is 2.38. The molecule has 194 valence electrons. The van der Waals surface area contributed by atoms with E-state index in [-0.39, 0.29) is 11.7 Å². The molecule has 37 heavy (non-hydrogen) atoms. The van der Waals surface area contributed by atoms with E-state index in [4.69, 9.17) is 14.2 Å². The Morgan fingerprint density at radius 2 is 2.05 bits per heavy atom. The summed E-state index contributed by atoms with van der Waals surface area (Å²) in [4.78, 5) is 19.2. The van der Waals surface area contributed by atoms with Crippen LogP contribution in [0.25, 0.3) is 16.7 Å². The lowest BCUT2D eigenvalue weighted by Crippen LogP contribution is -2.16. The Morgan fingerprint density at radius 3 is 2.73 bits per heavy atom. The van der Waals surface area contributed by atoms with Crippen molar-refractivity contribution in [1.29, 1.82) is 0 Å². The molecule has 0 saturated carbocycles. The number of nitrogens with one attached hydrogen (secondary N) is 1. The third kappa shape index (κ3) is 4.81. The van der Waals surface area contributed by atoms with Crippen LogP contribution in [0.5, 0.6) is 11.5 Å². The fraction of sp³-hybridized carbons (Fsp3) is 0.333. The summed E-state index contributed by atoms with van der Waals surface area (Å²) in [5.74, 6) is 1.60. The van der Waals surface area contributed by atoms with Crippen molar-refractivity contribution in [2.45, 2.75) is 31.7 Å². The summed E-state index contributed by atoms with van der Waals surface area (Å²) in [6.07, 6.45) is -0.891. The minimum atomic E-state index is -4.74. The topological polar surface area (TPSA) is 113 Å². The van der Waals surface area contributed by atoms with Gasteiger partial charge in [0.15, 0.2) is 11.5 Å². The highest BCUT2D eigenvalue weighted by molar-refractivity contribution is 5.93. The molecule has 2 atom stereocenters. The Kier molecular flexibility index (Phi) is 6.23. The van der Waals surface area contributed by atoms with Gasteiger partial charge in [0.25, 0.3) is 5.69 Å². The lowest BCUT2D eigenvalue weighted by Gasteiger charge is -2.20. The Hall–Kier alpha value is -4.13. The van der Waals surface area contributed by atoms with Crippen LogP contribution in [0.4, 0.5) is 24.7 Å². The second kappa shape index (κ2) is 9.39. The Bertz CT molecular complexity index is 1480. The zero-order chi connectivity index (χ0) is 26.3. The van der Waals surface area contributed by atoms with Gasteiger partial charge in [-0.3, -0.25) is 14.5 Å². The molecule has 1 aliphatic rings. The molecule has 0 radical (unpaired) electrons. The fourth-order valence-corrected chi connectivity index (χ4v) is 4.25. The summed E-state index contributed by atoms with van der Waals surface area (Å²) in [5.41, 5.74) is -1.02. The molecule has 0 aliphatic carbocycles. The smallest absolute Gasteiger partial charge is 0.416 e. The minimum absolute atomic E-state index is 0.0766. The van der Waals surface area contributed by atoms with E-state index in [1.165, 1.54) is 7.11 Å². The molecule has 13 heteroatoms. The molecule has 3 heterocycles. The number of benzene rings is 2. The second-order valence-corrected chi connectivity index (χ2v) is 8.62. The number of nitro benzene ring substituents is 1. The molecule has 10 nitrogen and oxygen atoms in total. The number of hydrogen-bond donors (Lipinski definition) is 1. The normalized spacial score (nSPS) is 16.7. The first-order chi connectivity index (χ1) is 17.6. The van der Waals surface area contributed by atoms with Crippen LogP contribution >= 0.6 is 0 Å². The van der Waals surface area contributed by atoms with Gasteiger partial charge >= 0.3 is 6.18 Å². The first-order valence-corrected chi connectivity index (χ1v) is 11.4. The molecule has 0 amide bonds. The van der Waals surface area contributed by atoms with E-state index in [1.807, 2.05) is 0 Å². The van der Waals surface area contributed by atoms with Crippen LogP contribution in [0, 0.1) is 10.1 Å². The number of anilines is 1. The van der Waals surface area contributed by atoms with Crippen molar-refractivity contribution in [2.24, 2.45) is 0 Å².